The van der Waals surface area contributed by atoms with Crippen LogP contribution in [-0.4, -0.2) is 34.1 Å². The van der Waals surface area contributed by atoms with Crippen LogP contribution in [0.1, 0.15) is 26.2 Å². The lowest BCUT2D eigenvalue weighted by molar-refractivity contribution is -0.150. The van der Waals surface area contributed by atoms with Crippen LogP contribution < -0.4 is 5.32 Å². The molecule has 2 rings (SSSR count). The Hall–Kier alpha value is -1.27. The highest BCUT2D eigenvalue weighted by molar-refractivity contribution is 9.10. The van der Waals surface area contributed by atoms with Gasteiger partial charge in [-0.2, -0.15) is 0 Å². The van der Waals surface area contributed by atoms with E-state index in [-0.39, 0.29) is 0 Å². The van der Waals surface area contributed by atoms with E-state index < -0.39 is 17.5 Å². The third-order valence-corrected chi connectivity index (χ3v) is 5.19. The second-order valence-corrected chi connectivity index (χ2v) is 6.42. The maximum Gasteiger partial charge on any atom is 0.329 e. The van der Waals surface area contributed by atoms with E-state index in [9.17, 15) is 14.7 Å². The summed E-state index contributed by atoms with van der Waals surface area (Å²) in [4.78, 5) is 25.3. The fourth-order valence-electron chi connectivity index (χ4n) is 2.45. The Morgan fingerprint density at radius 3 is 2.81 bits per heavy atom. The first-order chi connectivity index (χ1) is 9.86. The Morgan fingerprint density at radius 1 is 1.43 bits per heavy atom. The largest absolute Gasteiger partial charge is 0.480 e. The van der Waals surface area contributed by atoms with Gasteiger partial charge in [0.1, 0.15) is 5.54 Å². The van der Waals surface area contributed by atoms with Crippen molar-refractivity contribution in [2.24, 2.45) is 0 Å². The summed E-state index contributed by atoms with van der Waals surface area (Å²) < 4.78 is 0.578. The van der Waals surface area contributed by atoms with Gasteiger partial charge in [-0.25, -0.2) is 9.59 Å². The molecule has 0 aromatic heterocycles. The number of benzene rings is 1. The number of hydrogen-bond donors (Lipinski definition) is 2. The monoisotopic (exact) mass is 374 g/mol. The Labute approximate surface area is 136 Å². The minimum absolute atomic E-state index is 0.423. The number of likely N-dealkylation sites (tertiary alicyclic amines) is 1. The van der Waals surface area contributed by atoms with Crippen LogP contribution in [0.2, 0.25) is 5.02 Å². The number of nitrogens with zero attached hydrogens (tertiary/aromatic N) is 1. The molecule has 1 saturated heterocycles. The summed E-state index contributed by atoms with van der Waals surface area (Å²) in [5.41, 5.74) is -0.654. The molecular weight excluding hydrogens is 360 g/mol. The van der Waals surface area contributed by atoms with Crippen LogP contribution >= 0.6 is 27.5 Å². The van der Waals surface area contributed by atoms with E-state index in [0.29, 0.717) is 28.1 Å². The van der Waals surface area contributed by atoms with Crippen molar-refractivity contribution in [3.63, 3.8) is 0 Å². The van der Waals surface area contributed by atoms with Crippen LogP contribution in [0.15, 0.2) is 22.7 Å². The highest BCUT2D eigenvalue weighted by Crippen LogP contribution is 2.32. The van der Waals surface area contributed by atoms with Crippen LogP contribution in [0, 0.1) is 0 Å². The molecule has 1 aromatic rings. The van der Waals surface area contributed by atoms with Crippen molar-refractivity contribution in [2.45, 2.75) is 31.7 Å². The minimum Gasteiger partial charge on any atom is -0.480 e. The smallest absolute Gasteiger partial charge is 0.329 e. The fourth-order valence-corrected chi connectivity index (χ4v) is 2.99. The standard InChI is InChI=1S/C14H16BrClN2O3/c1-14(12(19)20)7-2-3-8-18(14)13(21)17-10-6-4-5-9(16)11(10)15/h4-6H,2-3,7-8H2,1H3,(H,17,21)(H,19,20). The second kappa shape index (κ2) is 6.23. The number of nitrogens with one attached hydrogen (secondary N) is 1. The predicted octanol–water partition coefficient (Wildman–Crippen LogP) is 3.96. The first-order valence-corrected chi connectivity index (χ1v) is 7.79. The summed E-state index contributed by atoms with van der Waals surface area (Å²) in [6, 6.07) is 4.69. The Bertz CT molecular complexity index is 581. The minimum atomic E-state index is -1.17. The molecule has 114 valence electrons. The van der Waals surface area contributed by atoms with Crippen LogP contribution in [0.3, 0.4) is 0 Å². The average Bonchev–Trinajstić information content (AvgIpc) is 2.44. The van der Waals surface area contributed by atoms with Crippen LogP contribution in [0.4, 0.5) is 10.5 Å². The molecular formula is C14H16BrClN2O3. The maximum absolute atomic E-state index is 12.4. The van der Waals surface area contributed by atoms with Crippen molar-refractivity contribution < 1.29 is 14.7 Å². The Morgan fingerprint density at radius 2 is 2.14 bits per heavy atom. The number of piperidine rings is 1. The van der Waals surface area contributed by atoms with Gasteiger partial charge in [0.25, 0.3) is 0 Å². The quantitative estimate of drug-likeness (QED) is 0.822. The van der Waals surface area contributed by atoms with E-state index in [0.717, 1.165) is 12.8 Å². The number of carbonyl (C=O) groups is 2. The molecule has 0 bridgehead atoms. The van der Waals surface area contributed by atoms with Crippen molar-refractivity contribution >= 4 is 45.2 Å². The highest BCUT2D eigenvalue weighted by atomic mass is 79.9. The number of hydrogen-bond acceptors (Lipinski definition) is 2. The van der Waals surface area contributed by atoms with Crippen LogP contribution in [0.5, 0.6) is 0 Å². The number of urea groups is 1. The van der Waals surface area contributed by atoms with Gasteiger partial charge in [0.15, 0.2) is 0 Å². The lowest BCUT2D eigenvalue weighted by Crippen LogP contribution is -2.58. The predicted molar refractivity (Wildman–Crippen MR) is 84.8 cm³/mol. The molecule has 0 saturated carbocycles. The van der Waals surface area contributed by atoms with Gasteiger partial charge in [-0.15, -0.1) is 0 Å². The van der Waals surface area contributed by atoms with Crippen molar-refractivity contribution in [3.05, 3.63) is 27.7 Å². The zero-order valence-corrected chi connectivity index (χ0v) is 13.9. The van der Waals surface area contributed by atoms with Crippen LogP contribution in [-0.2, 0) is 4.79 Å². The Kier molecular flexibility index (Phi) is 4.78. The number of aliphatic carboxylic acids is 1. The molecule has 21 heavy (non-hydrogen) atoms. The van der Waals surface area contributed by atoms with Gasteiger partial charge < -0.3 is 15.3 Å². The van der Waals surface area contributed by atoms with Crippen LogP contribution in [0.25, 0.3) is 0 Å². The number of carboxylic acid groups (broad SMARTS) is 1. The molecule has 1 atom stereocenters. The molecule has 7 heteroatoms. The third kappa shape index (κ3) is 3.16. The van der Waals surface area contributed by atoms with Gasteiger partial charge in [-0.1, -0.05) is 17.7 Å². The molecule has 0 aliphatic carbocycles. The molecule has 0 radical (unpaired) electrons. The molecule has 1 heterocycles. The second-order valence-electron chi connectivity index (χ2n) is 5.22. The number of amides is 2. The maximum atomic E-state index is 12.4. The van der Waals surface area contributed by atoms with Gasteiger partial charge in [0.2, 0.25) is 0 Å². The molecule has 0 spiro atoms. The van der Waals surface area contributed by atoms with Gasteiger partial charge in [-0.05, 0) is 54.2 Å². The fraction of sp³-hybridized carbons (Fsp3) is 0.429. The summed E-state index contributed by atoms with van der Waals surface area (Å²) in [7, 11) is 0. The van der Waals surface area contributed by atoms with Crippen molar-refractivity contribution in [1.29, 1.82) is 0 Å². The van der Waals surface area contributed by atoms with E-state index in [1.165, 1.54) is 4.90 Å². The van der Waals surface area contributed by atoms with Crippen molar-refractivity contribution in [3.8, 4) is 0 Å². The zero-order chi connectivity index (χ0) is 15.6. The lowest BCUT2D eigenvalue weighted by atomic mass is 9.89. The van der Waals surface area contributed by atoms with Gasteiger partial charge in [0, 0.05) is 6.54 Å². The first-order valence-electron chi connectivity index (χ1n) is 6.62. The highest BCUT2D eigenvalue weighted by Gasteiger charge is 2.44. The van der Waals surface area contributed by atoms with Crippen molar-refractivity contribution in [2.75, 3.05) is 11.9 Å². The molecule has 1 aliphatic rings. The van der Waals surface area contributed by atoms with E-state index in [1.54, 1.807) is 25.1 Å². The number of carbonyl (C=O) groups excluding carboxylic acids is 1. The van der Waals surface area contributed by atoms with E-state index in [1.807, 2.05) is 0 Å². The summed E-state index contributed by atoms with van der Waals surface area (Å²) in [5.74, 6) is -0.984. The van der Waals surface area contributed by atoms with Gasteiger partial charge in [-0.3, -0.25) is 0 Å². The Balaban J connectivity index is 2.22. The number of anilines is 1. The first kappa shape index (κ1) is 16.1. The molecule has 1 unspecified atom stereocenters. The number of rotatable bonds is 2. The van der Waals surface area contributed by atoms with E-state index in [4.69, 9.17) is 11.6 Å². The van der Waals surface area contributed by atoms with E-state index >= 15 is 0 Å². The molecule has 5 nitrogen and oxygen atoms in total. The van der Waals surface area contributed by atoms with E-state index in [2.05, 4.69) is 21.2 Å². The molecule has 1 aromatic carbocycles. The average molecular weight is 376 g/mol. The third-order valence-electron chi connectivity index (χ3n) is 3.79. The normalized spacial score (nSPS) is 22.0. The molecule has 2 N–H and O–H groups in total. The summed E-state index contributed by atoms with van der Waals surface area (Å²) in [6.45, 7) is 2.01. The molecule has 1 aliphatic heterocycles. The van der Waals surface area contributed by atoms with Crippen molar-refractivity contribution in [1.82, 2.24) is 4.90 Å². The lowest BCUT2D eigenvalue weighted by Gasteiger charge is -2.41. The topological polar surface area (TPSA) is 69.6 Å². The number of halogens is 2. The van der Waals surface area contributed by atoms with Gasteiger partial charge >= 0.3 is 12.0 Å². The van der Waals surface area contributed by atoms with Gasteiger partial charge in [0.05, 0.1) is 15.2 Å². The molecule has 2 amide bonds. The summed E-state index contributed by atoms with van der Waals surface area (Å²) in [6.07, 6.45) is 2.05. The zero-order valence-electron chi connectivity index (χ0n) is 11.5. The SMILES string of the molecule is CC1(C(=O)O)CCCCN1C(=O)Nc1cccc(Cl)c1Br. The number of carboxylic acids is 1. The summed E-state index contributed by atoms with van der Waals surface area (Å²) in [5, 5.41) is 12.6. The summed E-state index contributed by atoms with van der Waals surface area (Å²) >= 11 is 9.29. The molecule has 1 fully saturated rings.